The van der Waals surface area contributed by atoms with E-state index in [0.29, 0.717) is 6.04 Å². The summed E-state index contributed by atoms with van der Waals surface area (Å²) in [5.41, 5.74) is 1.02. The van der Waals surface area contributed by atoms with Crippen LogP contribution in [-0.4, -0.2) is 54.3 Å². The van der Waals surface area contributed by atoms with Crippen LogP contribution in [0.15, 0.2) is 18.6 Å². The number of methoxy groups -OCH3 is 1. The van der Waals surface area contributed by atoms with Gasteiger partial charge in [0.15, 0.2) is 0 Å². The van der Waals surface area contributed by atoms with E-state index in [-0.39, 0.29) is 6.04 Å². The van der Waals surface area contributed by atoms with Gasteiger partial charge in [0.2, 0.25) is 0 Å². The molecule has 1 aliphatic heterocycles. The van der Waals surface area contributed by atoms with Gasteiger partial charge in [0, 0.05) is 44.8 Å². The second kappa shape index (κ2) is 7.53. The molecule has 2 unspecified atom stereocenters. The monoisotopic (exact) mass is 264 g/mol. The lowest BCUT2D eigenvalue weighted by Gasteiger charge is -2.30. The molecule has 1 fully saturated rings. The number of aromatic nitrogens is 2. The molecule has 0 spiro atoms. The first-order valence-electron chi connectivity index (χ1n) is 7.03. The van der Waals surface area contributed by atoms with Gasteiger partial charge in [-0.3, -0.25) is 14.9 Å². The summed E-state index contributed by atoms with van der Waals surface area (Å²) >= 11 is 0. The molecule has 5 heteroatoms. The lowest BCUT2D eigenvalue weighted by molar-refractivity contribution is 0.116. The van der Waals surface area contributed by atoms with Gasteiger partial charge in [-0.2, -0.15) is 0 Å². The normalized spacial score (nSPS) is 20.9. The predicted molar refractivity (Wildman–Crippen MR) is 74.9 cm³/mol. The van der Waals surface area contributed by atoms with Crippen molar-refractivity contribution in [3.8, 4) is 0 Å². The fraction of sp³-hybridized carbons (Fsp3) is 0.714. The lowest BCUT2D eigenvalue weighted by Crippen LogP contribution is -2.40. The van der Waals surface area contributed by atoms with Crippen LogP contribution in [0.5, 0.6) is 0 Å². The number of hydrogen-bond acceptors (Lipinski definition) is 5. The molecule has 2 rings (SSSR count). The Morgan fingerprint density at radius 3 is 3.05 bits per heavy atom. The van der Waals surface area contributed by atoms with Crippen LogP contribution >= 0.6 is 0 Å². The van der Waals surface area contributed by atoms with Crippen molar-refractivity contribution >= 4 is 0 Å². The maximum atomic E-state index is 5.22. The average Bonchev–Trinajstić information content (AvgIpc) is 2.96. The van der Waals surface area contributed by atoms with Gasteiger partial charge in [-0.15, -0.1) is 0 Å². The minimum Gasteiger partial charge on any atom is -0.383 e. The zero-order chi connectivity index (χ0) is 13.5. The molecule has 1 aromatic heterocycles. The summed E-state index contributed by atoms with van der Waals surface area (Å²) in [4.78, 5) is 11.0. The van der Waals surface area contributed by atoms with Crippen LogP contribution in [0.3, 0.4) is 0 Å². The van der Waals surface area contributed by atoms with Crippen LogP contribution in [0, 0.1) is 0 Å². The van der Waals surface area contributed by atoms with Gasteiger partial charge in [0.05, 0.1) is 18.3 Å². The van der Waals surface area contributed by atoms with E-state index in [1.807, 2.05) is 6.20 Å². The zero-order valence-electron chi connectivity index (χ0n) is 11.9. The van der Waals surface area contributed by atoms with Crippen molar-refractivity contribution < 1.29 is 4.74 Å². The first kappa shape index (κ1) is 14.4. The van der Waals surface area contributed by atoms with E-state index in [1.54, 1.807) is 19.5 Å². The summed E-state index contributed by atoms with van der Waals surface area (Å²) in [7, 11) is 1.75. The van der Waals surface area contributed by atoms with Crippen LogP contribution in [0.25, 0.3) is 0 Å². The summed E-state index contributed by atoms with van der Waals surface area (Å²) in [6.45, 7) is 6.04. The molecular formula is C14H24N4O. The van der Waals surface area contributed by atoms with Crippen molar-refractivity contribution in [1.29, 1.82) is 0 Å². The van der Waals surface area contributed by atoms with E-state index in [2.05, 4.69) is 27.1 Å². The highest BCUT2D eigenvalue weighted by Gasteiger charge is 2.22. The van der Waals surface area contributed by atoms with E-state index >= 15 is 0 Å². The quantitative estimate of drug-likeness (QED) is 0.803. The minimum absolute atomic E-state index is 0.270. The molecule has 1 aromatic rings. The van der Waals surface area contributed by atoms with Crippen LogP contribution in [0.1, 0.15) is 31.5 Å². The van der Waals surface area contributed by atoms with E-state index < -0.39 is 0 Å². The minimum atomic E-state index is 0.270. The molecule has 0 bridgehead atoms. The number of hydrogen-bond donors (Lipinski definition) is 1. The summed E-state index contributed by atoms with van der Waals surface area (Å²) in [6, 6.07) is 0.863. The highest BCUT2D eigenvalue weighted by molar-refractivity contribution is 5.01. The van der Waals surface area contributed by atoms with Crippen molar-refractivity contribution in [2.45, 2.75) is 31.8 Å². The second-order valence-electron chi connectivity index (χ2n) is 5.09. The topological polar surface area (TPSA) is 50.3 Å². The molecule has 0 aliphatic carbocycles. The predicted octanol–water partition coefficient (Wildman–Crippen LogP) is 1.24. The molecule has 1 saturated heterocycles. The average molecular weight is 264 g/mol. The van der Waals surface area contributed by atoms with Gasteiger partial charge >= 0.3 is 0 Å². The van der Waals surface area contributed by atoms with Crippen molar-refractivity contribution in [2.75, 3.05) is 33.4 Å². The van der Waals surface area contributed by atoms with Gasteiger partial charge in [0.1, 0.15) is 0 Å². The van der Waals surface area contributed by atoms with E-state index in [4.69, 9.17) is 4.74 Å². The molecule has 1 aliphatic rings. The first-order chi connectivity index (χ1) is 9.31. The number of nitrogens with zero attached hydrogens (tertiary/aromatic N) is 3. The van der Waals surface area contributed by atoms with E-state index in [0.717, 1.165) is 31.9 Å². The first-order valence-corrected chi connectivity index (χ1v) is 7.03. The maximum Gasteiger partial charge on any atom is 0.0755 e. The number of ether oxygens (including phenoxy) is 1. The Morgan fingerprint density at radius 1 is 1.53 bits per heavy atom. The van der Waals surface area contributed by atoms with Crippen molar-refractivity contribution in [1.82, 2.24) is 20.2 Å². The Labute approximate surface area is 115 Å². The lowest BCUT2D eigenvalue weighted by atomic mass is 10.1. The maximum absolute atomic E-state index is 5.22. The van der Waals surface area contributed by atoms with Crippen LogP contribution in [-0.2, 0) is 4.74 Å². The van der Waals surface area contributed by atoms with Crippen LogP contribution in [0.2, 0.25) is 0 Å². The number of nitrogens with one attached hydrogen (secondary N) is 1. The molecule has 0 radical (unpaired) electrons. The van der Waals surface area contributed by atoms with E-state index in [9.17, 15) is 0 Å². The zero-order valence-corrected chi connectivity index (χ0v) is 11.9. The molecule has 0 saturated carbocycles. The fourth-order valence-electron chi connectivity index (χ4n) is 2.56. The summed E-state index contributed by atoms with van der Waals surface area (Å²) in [5.74, 6) is 0. The summed E-state index contributed by atoms with van der Waals surface area (Å²) < 4.78 is 5.22. The Bertz CT molecular complexity index is 354. The van der Waals surface area contributed by atoms with Gasteiger partial charge in [-0.05, 0) is 26.3 Å². The molecule has 0 amide bonds. The van der Waals surface area contributed by atoms with Gasteiger partial charge in [-0.25, -0.2) is 0 Å². The SMILES string of the molecule is COCCN(CC1CCCN1)C(C)c1cnccn1. The highest BCUT2D eigenvalue weighted by Crippen LogP contribution is 2.19. The molecular weight excluding hydrogens is 240 g/mol. The Hall–Kier alpha value is -1.04. The Morgan fingerprint density at radius 2 is 2.42 bits per heavy atom. The van der Waals surface area contributed by atoms with Crippen molar-refractivity contribution in [3.05, 3.63) is 24.3 Å². The Balaban J connectivity index is 1.98. The van der Waals surface area contributed by atoms with Crippen molar-refractivity contribution in [2.24, 2.45) is 0 Å². The Kier molecular flexibility index (Phi) is 5.69. The molecule has 1 N–H and O–H groups in total. The van der Waals surface area contributed by atoms with Crippen LogP contribution < -0.4 is 5.32 Å². The molecule has 106 valence electrons. The van der Waals surface area contributed by atoms with Crippen molar-refractivity contribution in [3.63, 3.8) is 0 Å². The fourth-order valence-corrected chi connectivity index (χ4v) is 2.56. The van der Waals surface area contributed by atoms with E-state index in [1.165, 1.54) is 12.8 Å². The third-order valence-electron chi connectivity index (χ3n) is 3.76. The third kappa shape index (κ3) is 4.23. The summed E-state index contributed by atoms with van der Waals surface area (Å²) in [5, 5.41) is 3.55. The smallest absolute Gasteiger partial charge is 0.0755 e. The largest absolute Gasteiger partial charge is 0.383 e. The molecule has 0 aromatic carbocycles. The molecule has 19 heavy (non-hydrogen) atoms. The molecule has 2 heterocycles. The third-order valence-corrected chi connectivity index (χ3v) is 3.76. The summed E-state index contributed by atoms with van der Waals surface area (Å²) in [6.07, 6.45) is 7.87. The van der Waals surface area contributed by atoms with Gasteiger partial charge in [0.25, 0.3) is 0 Å². The van der Waals surface area contributed by atoms with Gasteiger partial charge < -0.3 is 10.1 Å². The highest BCUT2D eigenvalue weighted by atomic mass is 16.5. The second-order valence-corrected chi connectivity index (χ2v) is 5.09. The number of rotatable bonds is 7. The standard InChI is InChI=1S/C14H24N4O/c1-12(14-10-15-6-7-17-14)18(8-9-19-2)11-13-4-3-5-16-13/h6-7,10,12-13,16H,3-5,8-9,11H2,1-2H3. The van der Waals surface area contributed by atoms with Crippen LogP contribution in [0.4, 0.5) is 0 Å². The van der Waals surface area contributed by atoms with Gasteiger partial charge in [-0.1, -0.05) is 0 Å². The molecule has 2 atom stereocenters. The molecule has 5 nitrogen and oxygen atoms in total.